The molecule has 0 spiro atoms. The number of benzene rings is 2. The van der Waals surface area contributed by atoms with Gasteiger partial charge >= 0.3 is 6.18 Å². The highest BCUT2D eigenvalue weighted by molar-refractivity contribution is 5.30. The van der Waals surface area contributed by atoms with Crippen LogP contribution in [0.25, 0.3) is 0 Å². The normalized spacial score (nSPS) is 13.2. The minimum Gasteiger partial charge on any atom is -0.306 e. The molecule has 1 unspecified atom stereocenters. The first-order chi connectivity index (χ1) is 9.88. The van der Waals surface area contributed by atoms with Gasteiger partial charge in [0.05, 0.1) is 5.56 Å². The van der Waals surface area contributed by atoms with Crippen molar-refractivity contribution in [3.05, 3.63) is 71.0 Å². The Kier molecular flexibility index (Phi) is 4.63. The summed E-state index contributed by atoms with van der Waals surface area (Å²) in [7, 11) is 0. The Hall–Kier alpha value is -1.88. The third-order valence-corrected chi connectivity index (χ3v) is 3.27. The molecule has 2 aromatic rings. The Morgan fingerprint density at radius 3 is 2.43 bits per heavy atom. The number of halogens is 4. The van der Waals surface area contributed by atoms with Crippen LogP contribution >= 0.6 is 0 Å². The smallest absolute Gasteiger partial charge is 0.306 e. The van der Waals surface area contributed by atoms with Gasteiger partial charge in [0.2, 0.25) is 0 Å². The molecule has 2 aromatic carbocycles. The predicted molar refractivity (Wildman–Crippen MR) is 73.1 cm³/mol. The molecular weight excluding hydrogens is 282 g/mol. The van der Waals surface area contributed by atoms with Crippen molar-refractivity contribution >= 4 is 0 Å². The topological polar surface area (TPSA) is 12.0 Å². The molecule has 0 aliphatic heterocycles. The van der Waals surface area contributed by atoms with Crippen molar-refractivity contribution in [3.63, 3.8) is 0 Å². The second-order valence-electron chi connectivity index (χ2n) is 4.81. The van der Waals surface area contributed by atoms with Crippen LogP contribution < -0.4 is 5.32 Å². The van der Waals surface area contributed by atoms with Crippen molar-refractivity contribution in [2.24, 2.45) is 0 Å². The fourth-order valence-corrected chi connectivity index (χ4v) is 2.11. The van der Waals surface area contributed by atoms with Crippen LogP contribution in [0.2, 0.25) is 0 Å². The highest BCUT2D eigenvalue weighted by Crippen LogP contribution is 2.32. The van der Waals surface area contributed by atoms with E-state index in [9.17, 15) is 17.6 Å². The van der Waals surface area contributed by atoms with E-state index >= 15 is 0 Å². The average Bonchev–Trinajstić information content (AvgIpc) is 2.44. The molecule has 0 fully saturated rings. The lowest BCUT2D eigenvalue weighted by Crippen LogP contribution is -2.20. The minimum atomic E-state index is -4.37. The van der Waals surface area contributed by atoms with Crippen LogP contribution in [0.1, 0.15) is 29.7 Å². The molecule has 0 bridgehead atoms. The Balaban J connectivity index is 2.10. The van der Waals surface area contributed by atoms with E-state index in [0.29, 0.717) is 5.56 Å². The zero-order chi connectivity index (χ0) is 15.5. The van der Waals surface area contributed by atoms with Crippen molar-refractivity contribution in [1.82, 2.24) is 5.32 Å². The Bertz CT molecular complexity index is 607. The number of alkyl halides is 3. The first-order valence-electron chi connectivity index (χ1n) is 6.52. The lowest BCUT2D eigenvalue weighted by atomic mass is 10.1. The van der Waals surface area contributed by atoms with Crippen molar-refractivity contribution in [3.8, 4) is 0 Å². The van der Waals surface area contributed by atoms with Crippen molar-refractivity contribution in [2.45, 2.75) is 25.7 Å². The standard InChI is InChI=1S/C16H15F4N/c1-11(12-6-4-7-14(17)9-12)21-10-13-5-2-3-8-15(13)16(18,19)20/h2-9,11,21H,10H2,1H3. The Morgan fingerprint density at radius 2 is 1.76 bits per heavy atom. The Morgan fingerprint density at radius 1 is 1.05 bits per heavy atom. The van der Waals surface area contributed by atoms with E-state index in [1.54, 1.807) is 25.1 Å². The van der Waals surface area contributed by atoms with Crippen LogP contribution in [-0.2, 0) is 12.7 Å². The largest absolute Gasteiger partial charge is 0.416 e. The summed E-state index contributed by atoms with van der Waals surface area (Å²) in [6, 6.07) is 11.2. The van der Waals surface area contributed by atoms with Crippen LogP contribution in [0.4, 0.5) is 17.6 Å². The summed E-state index contributed by atoms with van der Waals surface area (Å²) in [5.74, 6) is -0.364. The van der Waals surface area contributed by atoms with Gasteiger partial charge in [-0.3, -0.25) is 0 Å². The quantitative estimate of drug-likeness (QED) is 0.807. The number of hydrogen-bond donors (Lipinski definition) is 1. The monoisotopic (exact) mass is 297 g/mol. The highest BCUT2D eigenvalue weighted by atomic mass is 19.4. The third kappa shape index (κ3) is 4.04. The van der Waals surface area contributed by atoms with Crippen LogP contribution in [-0.4, -0.2) is 0 Å². The molecule has 0 saturated heterocycles. The highest BCUT2D eigenvalue weighted by Gasteiger charge is 2.32. The fraction of sp³-hybridized carbons (Fsp3) is 0.250. The second-order valence-corrected chi connectivity index (χ2v) is 4.81. The molecule has 0 radical (unpaired) electrons. The molecule has 21 heavy (non-hydrogen) atoms. The second kappa shape index (κ2) is 6.26. The molecule has 0 heterocycles. The van der Waals surface area contributed by atoms with E-state index in [-0.39, 0.29) is 24.0 Å². The van der Waals surface area contributed by atoms with Gasteiger partial charge in [-0.1, -0.05) is 30.3 Å². The van der Waals surface area contributed by atoms with Gasteiger partial charge < -0.3 is 5.32 Å². The molecule has 1 nitrogen and oxygen atoms in total. The lowest BCUT2D eigenvalue weighted by Gasteiger charge is -2.17. The summed E-state index contributed by atoms with van der Waals surface area (Å²) in [5, 5.41) is 2.99. The summed E-state index contributed by atoms with van der Waals surface area (Å²) < 4.78 is 51.7. The predicted octanol–water partition coefficient (Wildman–Crippen LogP) is 4.70. The molecule has 2 rings (SSSR count). The van der Waals surface area contributed by atoms with Gasteiger partial charge in [-0.05, 0) is 36.2 Å². The first kappa shape index (κ1) is 15.5. The zero-order valence-electron chi connectivity index (χ0n) is 11.4. The summed E-state index contributed by atoms with van der Waals surface area (Å²) >= 11 is 0. The SMILES string of the molecule is CC(NCc1ccccc1C(F)(F)F)c1cccc(F)c1. The number of rotatable bonds is 4. The van der Waals surface area contributed by atoms with Gasteiger partial charge in [0, 0.05) is 12.6 Å². The van der Waals surface area contributed by atoms with Gasteiger partial charge in [-0.2, -0.15) is 13.2 Å². The number of hydrogen-bond acceptors (Lipinski definition) is 1. The maximum absolute atomic E-state index is 13.1. The zero-order valence-corrected chi connectivity index (χ0v) is 11.4. The summed E-state index contributed by atoms with van der Waals surface area (Å²) in [6.45, 7) is 1.85. The molecule has 1 N–H and O–H groups in total. The molecule has 0 aliphatic carbocycles. The van der Waals surface area contributed by atoms with Crippen LogP contribution in [0, 0.1) is 5.82 Å². The van der Waals surface area contributed by atoms with Gasteiger partial charge in [0.1, 0.15) is 5.82 Å². The van der Waals surface area contributed by atoms with E-state index in [4.69, 9.17) is 0 Å². The molecule has 0 amide bonds. The van der Waals surface area contributed by atoms with Gasteiger partial charge in [0.25, 0.3) is 0 Å². The summed E-state index contributed by atoms with van der Waals surface area (Å²) in [5.41, 5.74) is 0.219. The molecule has 0 aliphatic rings. The first-order valence-corrected chi connectivity index (χ1v) is 6.52. The van der Waals surface area contributed by atoms with Crippen LogP contribution in [0.3, 0.4) is 0 Å². The maximum Gasteiger partial charge on any atom is 0.416 e. The van der Waals surface area contributed by atoms with E-state index in [2.05, 4.69) is 5.32 Å². The van der Waals surface area contributed by atoms with E-state index in [1.165, 1.54) is 24.3 Å². The Labute approximate surface area is 120 Å². The van der Waals surface area contributed by atoms with E-state index in [0.717, 1.165) is 6.07 Å². The van der Waals surface area contributed by atoms with Crippen molar-refractivity contribution in [1.29, 1.82) is 0 Å². The maximum atomic E-state index is 13.1. The molecular formula is C16H15F4N. The van der Waals surface area contributed by atoms with Gasteiger partial charge in [0.15, 0.2) is 0 Å². The molecule has 0 aromatic heterocycles. The van der Waals surface area contributed by atoms with Crippen molar-refractivity contribution in [2.75, 3.05) is 0 Å². The van der Waals surface area contributed by atoms with Crippen LogP contribution in [0.15, 0.2) is 48.5 Å². The summed E-state index contributed by atoms with van der Waals surface area (Å²) in [6.07, 6.45) is -4.37. The molecule has 0 saturated carbocycles. The third-order valence-electron chi connectivity index (χ3n) is 3.27. The average molecular weight is 297 g/mol. The van der Waals surface area contributed by atoms with Gasteiger partial charge in [-0.25, -0.2) is 4.39 Å². The van der Waals surface area contributed by atoms with Crippen molar-refractivity contribution < 1.29 is 17.6 Å². The number of nitrogens with one attached hydrogen (secondary N) is 1. The lowest BCUT2D eigenvalue weighted by molar-refractivity contribution is -0.138. The fourth-order valence-electron chi connectivity index (χ4n) is 2.11. The molecule has 5 heteroatoms. The van der Waals surface area contributed by atoms with Gasteiger partial charge in [-0.15, -0.1) is 0 Å². The van der Waals surface area contributed by atoms with E-state index in [1.807, 2.05) is 0 Å². The minimum absolute atomic E-state index is 0.0629. The molecule has 112 valence electrons. The molecule has 1 atom stereocenters. The van der Waals surface area contributed by atoms with E-state index < -0.39 is 11.7 Å². The summed E-state index contributed by atoms with van der Waals surface area (Å²) in [4.78, 5) is 0. The van der Waals surface area contributed by atoms with Crippen LogP contribution in [0.5, 0.6) is 0 Å².